The molecule has 0 radical (unpaired) electrons. The van der Waals surface area contributed by atoms with Crippen LogP contribution in [0.1, 0.15) is 0 Å². The Balaban J connectivity index is 0.976. The Labute approximate surface area is 379 Å². The summed E-state index contributed by atoms with van der Waals surface area (Å²) in [5.74, 6) is 2.50. The highest BCUT2D eigenvalue weighted by molar-refractivity contribution is 7.19. The fourth-order valence-corrected chi connectivity index (χ4v) is 15.6. The molecule has 0 spiro atoms. The Morgan fingerprint density at radius 2 is 0.908 bits per heavy atom. The molecule has 0 fully saturated rings. The second-order valence-corrected chi connectivity index (χ2v) is 20.9. The average Bonchev–Trinajstić information content (AvgIpc) is 3.72. The maximum absolute atomic E-state index is 7.16. The Bertz CT molecular complexity index is 3470. The van der Waals surface area contributed by atoms with Crippen molar-refractivity contribution in [3.05, 3.63) is 243 Å². The molecule has 0 bridgehead atoms. The van der Waals surface area contributed by atoms with Gasteiger partial charge in [-0.3, -0.25) is 0 Å². The lowest BCUT2D eigenvalue weighted by molar-refractivity contribution is 0.480. The quantitative estimate of drug-likeness (QED) is 0.118. The van der Waals surface area contributed by atoms with Crippen molar-refractivity contribution in [2.45, 2.75) is 0 Å². The van der Waals surface area contributed by atoms with Crippen molar-refractivity contribution in [3.8, 4) is 56.3 Å². The lowest BCUT2D eigenvalue weighted by atomic mass is 9.50. The Morgan fingerprint density at radius 3 is 1.58 bits per heavy atom. The Kier molecular flexibility index (Phi) is 8.65. The average molecular weight is 846 g/mol. The Hall–Kier alpha value is -8.12. The van der Waals surface area contributed by atoms with E-state index in [0.29, 0.717) is 0 Å². The van der Waals surface area contributed by atoms with Crippen molar-refractivity contribution < 1.29 is 9.39 Å². The molecule has 2 aliphatic rings. The van der Waals surface area contributed by atoms with E-state index in [1.807, 2.05) is 0 Å². The predicted molar refractivity (Wildman–Crippen MR) is 273 cm³/mol. The molecule has 3 nitrogen and oxygen atoms in total. The van der Waals surface area contributed by atoms with Crippen LogP contribution < -0.4 is 41.1 Å². The molecule has 0 aliphatic carbocycles. The van der Waals surface area contributed by atoms with Crippen LogP contribution in [0.5, 0.6) is 17.2 Å². The van der Waals surface area contributed by atoms with Crippen LogP contribution in [0.4, 0.5) is 0 Å². The molecular formula is C60H40BNO2Si. The van der Waals surface area contributed by atoms with Crippen LogP contribution in [0, 0.1) is 0 Å². The van der Waals surface area contributed by atoms with E-state index in [-0.39, 0.29) is 6.92 Å². The van der Waals surface area contributed by atoms with Crippen LogP contribution in [0.15, 0.2) is 243 Å². The highest BCUT2D eigenvalue weighted by atomic mass is 28.3. The summed E-state index contributed by atoms with van der Waals surface area (Å²) in [4.78, 5) is 0. The van der Waals surface area contributed by atoms with Gasteiger partial charge in [0.05, 0.1) is 16.7 Å². The number of ether oxygens (including phenoxy) is 1. The standard InChI is InChI=1S/C60H40BNO2Si/c1-4-20-44(21-5-1)65(45-22-6-2-7-23-45,46-24-8-3-9-25-46)47-26-18-19-41(37-47)43-38-52-51-30-13-17-34-57(51)64-61-53-36-35-42(39-58(53)63-59(40-43)60(52)61)48-27-10-14-31-54(48)62-55-32-15-11-28-49(55)50-29-12-16-33-56(50)62/h1-40H. The maximum atomic E-state index is 7.16. The number of rotatable bonds is 7. The van der Waals surface area contributed by atoms with E-state index >= 15 is 0 Å². The lowest BCUT2D eigenvalue weighted by Crippen LogP contribution is -2.74. The van der Waals surface area contributed by atoms with Crippen molar-refractivity contribution in [2.24, 2.45) is 0 Å². The molecule has 5 heteroatoms. The summed E-state index contributed by atoms with van der Waals surface area (Å²) in [7, 11) is -2.77. The van der Waals surface area contributed by atoms with E-state index in [9.17, 15) is 0 Å². The minimum atomic E-state index is -2.77. The number of fused-ring (bicyclic) bond motifs is 7. The maximum Gasteiger partial charge on any atom is 0.434 e. The minimum absolute atomic E-state index is 0.324. The van der Waals surface area contributed by atoms with Gasteiger partial charge in [0, 0.05) is 32.8 Å². The summed E-state index contributed by atoms with van der Waals surface area (Å²) >= 11 is 0. The van der Waals surface area contributed by atoms with Gasteiger partial charge in [-0.2, -0.15) is 0 Å². The van der Waals surface area contributed by atoms with Crippen molar-refractivity contribution >= 4 is 68.5 Å². The first-order valence-corrected chi connectivity index (χ1v) is 24.4. The normalized spacial score (nSPS) is 12.5. The second kappa shape index (κ2) is 15.0. The van der Waals surface area contributed by atoms with Crippen LogP contribution in [0.25, 0.3) is 60.9 Å². The van der Waals surface area contributed by atoms with Crippen LogP contribution in [0.3, 0.4) is 0 Å². The number of para-hydroxylation sites is 4. The van der Waals surface area contributed by atoms with Crippen LogP contribution in [-0.4, -0.2) is 19.6 Å². The second-order valence-electron chi connectivity index (χ2n) is 17.1. The van der Waals surface area contributed by atoms with Crippen LogP contribution >= 0.6 is 0 Å². The molecule has 2 aliphatic heterocycles. The molecule has 0 N–H and O–H groups in total. The number of benzene rings is 10. The SMILES string of the molecule is c1ccc([Si](c2ccccc2)(c2ccccc2)c2cccc(-c3cc4c5c(c3)-c3ccccc3OB5c3ccc(-c5ccccc5-n5c6ccccc6c6ccccc65)cc3O4)c2)cc1. The molecule has 0 amide bonds. The third kappa shape index (κ3) is 5.83. The van der Waals surface area contributed by atoms with E-state index in [0.717, 1.165) is 67.2 Å². The van der Waals surface area contributed by atoms with Gasteiger partial charge in [-0.25, -0.2) is 0 Å². The fraction of sp³-hybridized carbons (Fsp3) is 0. The summed E-state index contributed by atoms with van der Waals surface area (Å²) in [5.41, 5.74) is 12.2. The predicted octanol–water partition coefficient (Wildman–Crippen LogP) is 10.8. The van der Waals surface area contributed by atoms with Gasteiger partial charge < -0.3 is 14.0 Å². The smallest absolute Gasteiger partial charge is 0.434 e. The third-order valence-corrected chi connectivity index (χ3v) is 18.4. The van der Waals surface area contributed by atoms with Gasteiger partial charge in [-0.1, -0.05) is 200 Å². The monoisotopic (exact) mass is 845 g/mol. The summed E-state index contributed by atoms with van der Waals surface area (Å²) < 4.78 is 16.5. The first-order chi connectivity index (χ1) is 32.2. The van der Waals surface area contributed by atoms with E-state index in [2.05, 4.69) is 247 Å². The van der Waals surface area contributed by atoms with Crippen molar-refractivity contribution in [3.63, 3.8) is 0 Å². The molecule has 0 atom stereocenters. The molecule has 65 heavy (non-hydrogen) atoms. The van der Waals surface area contributed by atoms with E-state index < -0.39 is 8.07 Å². The van der Waals surface area contributed by atoms with Crippen molar-refractivity contribution in [1.29, 1.82) is 0 Å². The molecule has 0 saturated heterocycles. The van der Waals surface area contributed by atoms with Gasteiger partial charge in [-0.15, -0.1) is 0 Å². The number of aromatic nitrogens is 1. The molecule has 0 saturated carbocycles. The summed E-state index contributed by atoms with van der Waals surface area (Å²) in [6.07, 6.45) is 0. The number of nitrogens with zero attached hydrogens (tertiary/aromatic N) is 1. The fourth-order valence-electron chi connectivity index (χ4n) is 10.8. The summed E-state index contributed by atoms with van der Waals surface area (Å²) in [6, 6.07) is 88.4. The molecule has 3 heterocycles. The third-order valence-electron chi connectivity index (χ3n) is 13.6. The van der Waals surface area contributed by atoms with Crippen molar-refractivity contribution in [1.82, 2.24) is 4.57 Å². The zero-order valence-corrected chi connectivity index (χ0v) is 36.4. The van der Waals surface area contributed by atoms with Gasteiger partial charge in [0.25, 0.3) is 0 Å². The summed E-state index contributed by atoms with van der Waals surface area (Å²) in [5, 5.41) is 7.84. The van der Waals surface area contributed by atoms with Crippen LogP contribution in [-0.2, 0) is 0 Å². The van der Waals surface area contributed by atoms with Gasteiger partial charge in [0.1, 0.15) is 17.2 Å². The molecule has 304 valence electrons. The van der Waals surface area contributed by atoms with Gasteiger partial charge in [0.2, 0.25) is 0 Å². The number of hydrogen-bond acceptors (Lipinski definition) is 2. The molecule has 0 unspecified atom stereocenters. The van der Waals surface area contributed by atoms with Crippen molar-refractivity contribution in [2.75, 3.05) is 0 Å². The van der Waals surface area contributed by atoms with Gasteiger partial charge >= 0.3 is 6.92 Å². The zero-order chi connectivity index (χ0) is 42.9. The minimum Gasteiger partial charge on any atom is -0.551 e. The molecule has 1 aromatic heterocycles. The lowest BCUT2D eigenvalue weighted by Gasteiger charge is -2.35. The highest BCUT2D eigenvalue weighted by Gasteiger charge is 2.43. The molecule has 11 aromatic rings. The van der Waals surface area contributed by atoms with Crippen LogP contribution in [0.2, 0.25) is 0 Å². The molecule has 13 rings (SSSR count). The molecular weight excluding hydrogens is 806 g/mol. The number of hydrogen-bond donors (Lipinski definition) is 0. The molecule has 10 aromatic carbocycles. The van der Waals surface area contributed by atoms with E-state index in [1.54, 1.807) is 0 Å². The van der Waals surface area contributed by atoms with Gasteiger partial charge in [-0.05, 0) is 85.5 Å². The topological polar surface area (TPSA) is 23.4 Å². The summed E-state index contributed by atoms with van der Waals surface area (Å²) in [6.45, 7) is -0.324. The van der Waals surface area contributed by atoms with E-state index in [1.165, 1.54) is 42.6 Å². The first kappa shape index (κ1) is 37.4. The first-order valence-electron chi connectivity index (χ1n) is 22.4. The highest BCUT2D eigenvalue weighted by Crippen LogP contribution is 2.43. The zero-order valence-electron chi connectivity index (χ0n) is 35.4. The van der Waals surface area contributed by atoms with E-state index in [4.69, 9.17) is 9.39 Å². The Morgan fingerprint density at radius 1 is 0.354 bits per heavy atom. The largest absolute Gasteiger partial charge is 0.551 e. The van der Waals surface area contributed by atoms with Gasteiger partial charge in [0.15, 0.2) is 8.07 Å².